The van der Waals surface area contributed by atoms with Gasteiger partial charge in [-0.3, -0.25) is 0 Å². The van der Waals surface area contributed by atoms with Gasteiger partial charge in [0.2, 0.25) is 0 Å². The summed E-state index contributed by atoms with van der Waals surface area (Å²) in [6, 6.07) is 8.96. The maximum atomic E-state index is 11.2. The van der Waals surface area contributed by atoms with E-state index in [9.17, 15) is 5.11 Å². The summed E-state index contributed by atoms with van der Waals surface area (Å²) < 4.78 is 0. The molecule has 1 aromatic rings. The molecule has 4 aliphatic carbocycles. The third-order valence-electron chi connectivity index (χ3n) is 10.1. The van der Waals surface area contributed by atoms with E-state index in [0.717, 1.165) is 37.0 Å². The van der Waals surface area contributed by atoms with Gasteiger partial charge >= 0.3 is 0 Å². The third-order valence-corrected chi connectivity index (χ3v) is 10.1. The van der Waals surface area contributed by atoms with Crippen LogP contribution in [0.15, 0.2) is 35.9 Å². The zero-order valence-electron chi connectivity index (χ0n) is 18.8. The van der Waals surface area contributed by atoms with E-state index >= 15 is 0 Å². The SMILES string of the molecule is Cc1cccc(CC[C@H]2[C@@H](O)C[C@H]3[C@@H]4CC=C5CCCC[C@]5(C)[C@H]4CC[C@@]32C)c1. The molecule has 0 aliphatic heterocycles. The van der Waals surface area contributed by atoms with E-state index in [1.807, 2.05) is 0 Å². The first-order valence-corrected chi connectivity index (χ1v) is 12.3. The van der Waals surface area contributed by atoms with E-state index in [2.05, 4.69) is 51.1 Å². The van der Waals surface area contributed by atoms with Crippen molar-refractivity contribution in [2.24, 2.45) is 34.5 Å². The molecule has 0 unspecified atom stereocenters. The minimum atomic E-state index is -0.0990. The van der Waals surface area contributed by atoms with Gasteiger partial charge < -0.3 is 5.11 Å². The van der Waals surface area contributed by atoms with Gasteiger partial charge in [-0.15, -0.1) is 0 Å². The molecule has 0 radical (unpaired) electrons. The van der Waals surface area contributed by atoms with Gasteiger partial charge in [0.05, 0.1) is 6.10 Å². The van der Waals surface area contributed by atoms with Crippen LogP contribution in [-0.4, -0.2) is 11.2 Å². The van der Waals surface area contributed by atoms with E-state index in [4.69, 9.17) is 0 Å². The van der Waals surface area contributed by atoms with E-state index in [1.54, 1.807) is 5.57 Å². The molecule has 0 bridgehead atoms. The summed E-state index contributed by atoms with van der Waals surface area (Å²) in [7, 11) is 0. The van der Waals surface area contributed by atoms with Crippen LogP contribution < -0.4 is 0 Å². The van der Waals surface area contributed by atoms with Crippen LogP contribution in [0.1, 0.15) is 82.8 Å². The summed E-state index contributed by atoms with van der Waals surface area (Å²) in [5.41, 5.74) is 5.39. The predicted octanol–water partition coefficient (Wildman–Crippen LogP) is 6.87. The van der Waals surface area contributed by atoms with Crippen molar-refractivity contribution >= 4 is 0 Å². The van der Waals surface area contributed by atoms with Gasteiger partial charge in [-0.25, -0.2) is 0 Å². The Morgan fingerprint density at radius 3 is 2.79 bits per heavy atom. The van der Waals surface area contributed by atoms with Crippen molar-refractivity contribution in [3.8, 4) is 0 Å². The Balaban J connectivity index is 1.37. The zero-order chi connectivity index (χ0) is 20.2. The van der Waals surface area contributed by atoms with Crippen molar-refractivity contribution < 1.29 is 5.11 Å². The van der Waals surface area contributed by atoms with E-state index in [1.165, 1.54) is 56.1 Å². The molecule has 4 aliphatic rings. The highest BCUT2D eigenvalue weighted by atomic mass is 16.3. The molecule has 1 nitrogen and oxygen atoms in total. The minimum absolute atomic E-state index is 0.0990. The standard InChI is InChI=1S/C28H40O/c1-19-7-6-8-20(17-19)10-13-24-26(29)18-25-22-12-11-21-9-4-5-15-27(21,2)23(22)14-16-28(24,25)3/h6-8,11,17,22-26,29H,4-5,9-10,12-16,18H2,1-3H3/t22-,23+,24+,25+,26+,27+,28-/m1/s1. The van der Waals surface area contributed by atoms with Gasteiger partial charge in [0.1, 0.15) is 0 Å². The van der Waals surface area contributed by atoms with Crippen molar-refractivity contribution in [3.05, 3.63) is 47.0 Å². The highest BCUT2D eigenvalue weighted by Crippen LogP contribution is 2.66. The van der Waals surface area contributed by atoms with Crippen LogP contribution in [0.3, 0.4) is 0 Å². The lowest BCUT2D eigenvalue weighted by Crippen LogP contribution is -2.49. The normalized spacial score (nSPS) is 43.9. The topological polar surface area (TPSA) is 20.2 Å². The lowest BCUT2D eigenvalue weighted by molar-refractivity contribution is -0.0451. The summed E-state index contributed by atoms with van der Waals surface area (Å²) >= 11 is 0. The Hall–Kier alpha value is -1.08. The fourth-order valence-corrected chi connectivity index (χ4v) is 8.53. The van der Waals surface area contributed by atoms with Crippen LogP contribution in [0.5, 0.6) is 0 Å². The second-order valence-corrected chi connectivity index (χ2v) is 11.4. The molecule has 0 heterocycles. The van der Waals surface area contributed by atoms with E-state index < -0.39 is 0 Å². The molecular formula is C28H40O. The molecule has 0 spiro atoms. The van der Waals surface area contributed by atoms with Gasteiger partial charge in [0.15, 0.2) is 0 Å². The molecule has 3 fully saturated rings. The quantitative estimate of drug-likeness (QED) is 0.557. The van der Waals surface area contributed by atoms with Crippen molar-refractivity contribution in [1.82, 2.24) is 0 Å². The second-order valence-electron chi connectivity index (χ2n) is 11.4. The Bertz CT molecular complexity index is 793. The molecule has 0 aromatic heterocycles. The Morgan fingerprint density at radius 2 is 1.97 bits per heavy atom. The van der Waals surface area contributed by atoms with Crippen LogP contribution in [-0.2, 0) is 6.42 Å². The van der Waals surface area contributed by atoms with Crippen molar-refractivity contribution in [3.63, 3.8) is 0 Å². The first-order valence-electron chi connectivity index (χ1n) is 12.3. The number of aliphatic hydroxyl groups is 1. The molecule has 0 saturated heterocycles. The fraction of sp³-hybridized carbons (Fsp3) is 0.714. The highest BCUT2D eigenvalue weighted by Gasteiger charge is 2.60. The predicted molar refractivity (Wildman–Crippen MR) is 121 cm³/mol. The van der Waals surface area contributed by atoms with Crippen LogP contribution in [0, 0.1) is 41.4 Å². The molecule has 3 saturated carbocycles. The summed E-state index contributed by atoms with van der Waals surface area (Å²) in [6.45, 7) is 7.33. The van der Waals surface area contributed by atoms with Gasteiger partial charge in [-0.2, -0.15) is 0 Å². The number of rotatable bonds is 3. The summed E-state index contributed by atoms with van der Waals surface area (Å²) in [5, 5.41) is 11.2. The molecule has 5 rings (SSSR count). The number of hydrogen-bond acceptors (Lipinski definition) is 1. The number of aliphatic hydroxyl groups excluding tert-OH is 1. The molecule has 7 atom stereocenters. The number of aryl methyl sites for hydroxylation is 2. The van der Waals surface area contributed by atoms with Crippen LogP contribution in [0.4, 0.5) is 0 Å². The fourth-order valence-electron chi connectivity index (χ4n) is 8.53. The lowest BCUT2D eigenvalue weighted by Gasteiger charge is -2.57. The Kier molecular flexibility index (Phi) is 4.97. The average Bonchev–Trinajstić information content (AvgIpc) is 2.96. The lowest BCUT2D eigenvalue weighted by atomic mass is 9.47. The zero-order valence-corrected chi connectivity index (χ0v) is 18.8. The third kappa shape index (κ3) is 3.14. The maximum Gasteiger partial charge on any atom is 0.0576 e. The highest BCUT2D eigenvalue weighted by molar-refractivity contribution is 5.25. The smallest absolute Gasteiger partial charge is 0.0576 e. The van der Waals surface area contributed by atoms with Crippen molar-refractivity contribution in [1.29, 1.82) is 0 Å². The molecular weight excluding hydrogens is 352 g/mol. The number of fused-ring (bicyclic) bond motifs is 5. The number of benzene rings is 1. The summed E-state index contributed by atoms with van der Waals surface area (Å²) in [6.07, 6.45) is 15.4. The maximum absolute atomic E-state index is 11.2. The average molecular weight is 393 g/mol. The largest absolute Gasteiger partial charge is 0.393 e. The first-order chi connectivity index (χ1) is 13.9. The van der Waals surface area contributed by atoms with Crippen LogP contribution >= 0.6 is 0 Å². The first kappa shape index (κ1) is 19.9. The second kappa shape index (κ2) is 7.26. The number of hydrogen-bond donors (Lipinski definition) is 1. The van der Waals surface area contributed by atoms with E-state index in [-0.39, 0.29) is 6.10 Å². The Labute approximate surface area is 178 Å². The molecule has 0 amide bonds. The number of allylic oxidation sites excluding steroid dienone is 2. The summed E-state index contributed by atoms with van der Waals surface area (Å²) in [5.74, 6) is 2.86. The summed E-state index contributed by atoms with van der Waals surface area (Å²) in [4.78, 5) is 0. The molecule has 29 heavy (non-hydrogen) atoms. The van der Waals surface area contributed by atoms with Crippen LogP contribution in [0.25, 0.3) is 0 Å². The molecule has 1 heteroatoms. The van der Waals surface area contributed by atoms with Crippen LogP contribution in [0.2, 0.25) is 0 Å². The van der Waals surface area contributed by atoms with Crippen molar-refractivity contribution in [2.75, 3.05) is 0 Å². The monoisotopic (exact) mass is 392 g/mol. The van der Waals surface area contributed by atoms with Crippen molar-refractivity contribution in [2.45, 2.75) is 91.1 Å². The molecule has 1 N–H and O–H groups in total. The Morgan fingerprint density at radius 1 is 1.10 bits per heavy atom. The van der Waals surface area contributed by atoms with Gasteiger partial charge in [0, 0.05) is 0 Å². The molecule has 1 aromatic carbocycles. The van der Waals surface area contributed by atoms with E-state index in [0.29, 0.717) is 16.7 Å². The van der Waals surface area contributed by atoms with Gasteiger partial charge in [0.25, 0.3) is 0 Å². The van der Waals surface area contributed by atoms with Gasteiger partial charge in [-0.05, 0) is 105 Å². The minimum Gasteiger partial charge on any atom is -0.393 e. The molecule has 158 valence electrons. The van der Waals surface area contributed by atoms with Gasteiger partial charge in [-0.1, -0.05) is 61.7 Å².